The fourth-order valence-electron chi connectivity index (χ4n) is 3.38. The van der Waals surface area contributed by atoms with E-state index in [9.17, 15) is 0 Å². The van der Waals surface area contributed by atoms with Crippen LogP contribution >= 0.6 is 35.0 Å². The number of thioether (sulfide) groups is 1. The molecular formula is C17H25Cl2NS. The Labute approximate surface area is 143 Å². The Morgan fingerprint density at radius 2 is 2.00 bits per heavy atom. The van der Waals surface area contributed by atoms with Crippen LogP contribution in [0.3, 0.4) is 0 Å². The van der Waals surface area contributed by atoms with Gasteiger partial charge in [-0.3, -0.25) is 0 Å². The van der Waals surface area contributed by atoms with Crippen molar-refractivity contribution in [3.05, 3.63) is 33.8 Å². The van der Waals surface area contributed by atoms with Crippen LogP contribution in [-0.2, 0) is 5.41 Å². The first-order valence-electron chi connectivity index (χ1n) is 7.90. The Hall–Kier alpha value is 0.110. The molecule has 1 saturated carbocycles. The van der Waals surface area contributed by atoms with Gasteiger partial charge in [0.15, 0.2) is 0 Å². The summed E-state index contributed by atoms with van der Waals surface area (Å²) < 4.78 is 0. The van der Waals surface area contributed by atoms with Gasteiger partial charge in [0.1, 0.15) is 0 Å². The van der Waals surface area contributed by atoms with Crippen LogP contribution in [-0.4, -0.2) is 24.1 Å². The minimum atomic E-state index is 0.250. The molecule has 0 spiro atoms. The van der Waals surface area contributed by atoms with Crippen LogP contribution in [0.4, 0.5) is 0 Å². The highest BCUT2D eigenvalue weighted by atomic mass is 35.5. The van der Waals surface area contributed by atoms with Gasteiger partial charge < -0.3 is 5.32 Å². The lowest BCUT2D eigenvalue weighted by Crippen LogP contribution is -2.53. The molecule has 1 aromatic rings. The molecule has 0 radical (unpaired) electrons. The molecule has 1 aromatic carbocycles. The molecule has 0 saturated heterocycles. The van der Waals surface area contributed by atoms with Crippen molar-refractivity contribution in [1.29, 1.82) is 0 Å². The first-order chi connectivity index (χ1) is 10.1. The van der Waals surface area contributed by atoms with E-state index in [1.165, 1.54) is 36.3 Å². The highest BCUT2D eigenvalue weighted by molar-refractivity contribution is 7.99. The van der Waals surface area contributed by atoms with Crippen LogP contribution in [0.15, 0.2) is 18.2 Å². The van der Waals surface area contributed by atoms with Crippen LogP contribution in [0, 0.1) is 0 Å². The first kappa shape index (κ1) is 17.5. The third-order valence-corrected chi connectivity index (χ3v) is 6.30. The quantitative estimate of drug-likeness (QED) is 0.621. The standard InChI is InChI=1S/C17H25Cl2NS/c1-3-16(20-10-11-21-4-2)17(8-5-9-17)13-6-7-14(18)15(19)12-13/h6-7,12,16,20H,3-5,8-11H2,1-2H3. The van der Waals surface area contributed by atoms with E-state index in [4.69, 9.17) is 23.2 Å². The second-order valence-corrected chi connectivity index (χ2v) is 7.96. The maximum absolute atomic E-state index is 6.24. The lowest BCUT2D eigenvalue weighted by Gasteiger charge is -2.49. The summed E-state index contributed by atoms with van der Waals surface area (Å²) in [5.41, 5.74) is 1.60. The molecule has 0 heterocycles. The van der Waals surface area contributed by atoms with E-state index in [0.717, 1.165) is 13.0 Å². The zero-order valence-corrected chi connectivity index (χ0v) is 15.3. The minimum absolute atomic E-state index is 0.250. The molecule has 0 aliphatic heterocycles. The maximum atomic E-state index is 6.24. The van der Waals surface area contributed by atoms with Crippen LogP contribution in [0.5, 0.6) is 0 Å². The molecule has 1 aliphatic carbocycles. The molecule has 118 valence electrons. The van der Waals surface area contributed by atoms with Gasteiger partial charge in [-0.2, -0.15) is 11.8 Å². The normalized spacial score (nSPS) is 18.3. The van der Waals surface area contributed by atoms with E-state index in [0.29, 0.717) is 16.1 Å². The van der Waals surface area contributed by atoms with Crippen molar-refractivity contribution in [2.24, 2.45) is 0 Å². The third kappa shape index (κ3) is 3.90. The van der Waals surface area contributed by atoms with Crippen molar-refractivity contribution in [3.63, 3.8) is 0 Å². The molecule has 4 heteroatoms. The summed E-state index contributed by atoms with van der Waals surface area (Å²) in [6.07, 6.45) is 4.95. The Kier molecular flexibility index (Phi) is 6.74. The van der Waals surface area contributed by atoms with Crippen molar-refractivity contribution in [3.8, 4) is 0 Å². The summed E-state index contributed by atoms with van der Waals surface area (Å²) in [4.78, 5) is 0. The predicted molar refractivity (Wildman–Crippen MR) is 97.1 cm³/mol. The number of halogens is 2. The Balaban J connectivity index is 2.12. The lowest BCUT2D eigenvalue weighted by atomic mass is 9.59. The Morgan fingerprint density at radius 1 is 1.24 bits per heavy atom. The maximum Gasteiger partial charge on any atom is 0.0595 e. The van der Waals surface area contributed by atoms with E-state index >= 15 is 0 Å². The SMILES string of the molecule is CCSCCNC(CC)C1(c2ccc(Cl)c(Cl)c2)CCC1. The Morgan fingerprint density at radius 3 is 2.52 bits per heavy atom. The fraction of sp³-hybridized carbons (Fsp3) is 0.647. The van der Waals surface area contributed by atoms with Gasteiger partial charge in [0.05, 0.1) is 10.0 Å². The van der Waals surface area contributed by atoms with Crippen molar-refractivity contribution < 1.29 is 0 Å². The number of hydrogen-bond acceptors (Lipinski definition) is 2. The number of rotatable bonds is 8. The van der Waals surface area contributed by atoms with Crippen molar-refractivity contribution in [2.45, 2.75) is 51.0 Å². The van der Waals surface area contributed by atoms with E-state index in [2.05, 4.69) is 31.3 Å². The molecule has 0 aromatic heterocycles. The highest BCUT2D eigenvalue weighted by Crippen LogP contribution is 2.48. The van der Waals surface area contributed by atoms with Gasteiger partial charge in [-0.15, -0.1) is 0 Å². The molecule has 1 N–H and O–H groups in total. The monoisotopic (exact) mass is 345 g/mol. The molecule has 0 amide bonds. The predicted octanol–water partition coefficient (Wildman–Crippen LogP) is 5.54. The van der Waals surface area contributed by atoms with E-state index in [1.807, 2.05) is 17.8 Å². The smallest absolute Gasteiger partial charge is 0.0595 e. The van der Waals surface area contributed by atoms with Crippen LogP contribution in [0.25, 0.3) is 0 Å². The van der Waals surface area contributed by atoms with Gasteiger partial charge in [0, 0.05) is 23.8 Å². The second-order valence-electron chi connectivity index (χ2n) is 5.75. The largest absolute Gasteiger partial charge is 0.312 e. The number of benzene rings is 1. The average molecular weight is 346 g/mol. The van der Waals surface area contributed by atoms with Gasteiger partial charge in [-0.05, 0) is 42.7 Å². The zero-order valence-electron chi connectivity index (χ0n) is 12.9. The summed E-state index contributed by atoms with van der Waals surface area (Å²) in [6, 6.07) is 6.71. The minimum Gasteiger partial charge on any atom is -0.312 e. The Bertz CT molecular complexity index is 460. The second kappa shape index (κ2) is 8.10. The molecule has 2 rings (SSSR count). The molecular weight excluding hydrogens is 321 g/mol. The molecule has 1 unspecified atom stereocenters. The molecule has 1 atom stereocenters. The van der Waals surface area contributed by atoms with Crippen molar-refractivity contribution >= 4 is 35.0 Å². The van der Waals surface area contributed by atoms with E-state index in [-0.39, 0.29) is 5.41 Å². The third-order valence-electron chi connectivity index (χ3n) is 4.66. The average Bonchev–Trinajstić information content (AvgIpc) is 2.44. The van der Waals surface area contributed by atoms with Gasteiger partial charge in [-0.1, -0.05) is 49.5 Å². The van der Waals surface area contributed by atoms with Crippen molar-refractivity contribution in [1.82, 2.24) is 5.32 Å². The van der Waals surface area contributed by atoms with E-state index < -0.39 is 0 Å². The summed E-state index contributed by atoms with van der Waals surface area (Å²) in [5, 5.41) is 5.11. The summed E-state index contributed by atoms with van der Waals surface area (Å²) in [7, 11) is 0. The number of nitrogens with one attached hydrogen (secondary N) is 1. The molecule has 1 aliphatic rings. The van der Waals surface area contributed by atoms with Gasteiger partial charge in [0.25, 0.3) is 0 Å². The molecule has 1 fully saturated rings. The topological polar surface area (TPSA) is 12.0 Å². The summed E-state index contributed by atoms with van der Waals surface area (Å²) in [6.45, 7) is 5.58. The fourth-order valence-corrected chi connectivity index (χ4v) is 4.23. The van der Waals surface area contributed by atoms with E-state index in [1.54, 1.807) is 0 Å². The van der Waals surface area contributed by atoms with Gasteiger partial charge in [0.2, 0.25) is 0 Å². The van der Waals surface area contributed by atoms with Gasteiger partial charge >= 0.3 is 0 Å². The first-order valence-corrected chi connectivity index (χ1v) is 9.81. The van der Waals surface area contributed by atoms with Crippen molar-refractivity contribution in [2.75, 3.05) is 18.1 Å². The van der Waals surface area contributed by atoms with Gasteiger partial charge in [-0.25, -0.2) is 0 Å². The van der Waals surface area contributed by atoms with Crippen LogP contribution < -0.4 is 5.32 Å². The molecule has 0 bridgehead atoms. The lowest BCUT2D eigenvalue weighted by molar-refractivity contribution is 0.167. The molecule has 21 heavy (non-hydrogen) atoms. The van der Waals surface area contributed by atoms with Crippen LogP contribution in [0.1, 0.15) is 45.1 Å². The highest BCUT2D eigenvalue weighted by Gasteiger charge is 2.44. The summed E-state index contributed by atoms with van der Waals surface area (Å²) >= 11 is 14.3. The van der Waals surface area contributed by atoms with Crippen LogP contribution in [0.2, 0.25) is 10.0 Å². The summed E-state index contributed by atoms with van der Waals surface area (Å²) in [5.74, 6) is 2.38. The number of hydrogen-bond donors (Lipinski definition) is 1. The molecule has 1 nitrogen and oxygen atoms in total. The zero-order chi connectivity index (χ0) is 15.3.